The second-order valence-electron chi connectivity index (χ2n) is 6.20. The largest absolute Gasteiger partial charge is 0.360 e. The predicted octanol–water partition coefficient (Wildman–Crippen LogP) is 4.00. The first-order valence-corrected chi connectivity index (χ1v) is 9.37. The van der Waals surface area contributed by atoms with E-state index in [2.05, 4.69) is 54.4 Å². The number of carbonyl (C=O) groups excluding carboxylic acids is 1. The molecule has 0 aliphatic carbocycles. The van der Waals surface area contributed by atoms with E-state index < -0.39 is 0 Å². The number of thioether (sulfide) groups is 1. The van der Waals surface area contributed by atoms with Crippen molar-refractivity contribution in [2.24, 2.45) is 0 Å². The molecule has 0 bridgehead atoms. The Bertz CT molecular complexity index is 716. The van der Waals surface area contributed by atoms with Crippen LogP contribution in [0.25, 0.3) is 0 Å². The first kappa shape index (κ1) is 16.9. The van der Waals surface area contributed by atoms with Crippen LogP contribution in [0.3, 0.4) is 0 Å². The van der Waals surface area contributed by atoms with Crippen molar-refractivity contribution in [3.05, 3.63) is 59.7 Å². The van der Waals surface area contributed by atoms with Crippen LogP contribution in [-0.2, 0) is 11.3 Å². The van der Waals surface area contributed by atoms with Gasteiger partial charge in [0.15, 0.2) is 0 Å². The summed E-state index contributed by atoms with van der Waals surface area (Å²) in [7, 11) is 0. The number of nitrogens with zero attached hydrogens (tertiary/aromatic N) is 1. The fourth-order valence-electron chi connectivity index (χ4n) is 2.97. The maximum absolute atomic E-state index is 12.4. The van der Waals surface area contributed by atoms with Crippen molar-refractivity contribution in [2.45, 2.75) is 37.0 Å². The van der Waals surface area contributed by atoms with Gasteiger partial charge in [-0.05, 0) is 36.6 Å². The van der Waals surface area contributed by atoms with Gasteiger partial charge in [0, 0.05) is 23.2 Å². The van der Waals surface area contributed by atoms with Gasteiger partial charge in [0.1, 0.15) is 0 Å². The maximum atomic E-state index is 12.4. The first-order valence-electron chi connectivity index (χ1n) is 8.49. The van der Waals surface area contributed by atoms with Crippen LogP contribution in [0.1, 0.15) is 24.5 Å². The molecule has 3 nitrogen and oxygen atoms in total. The standard InChI is InChI=1S/C20H24N2OS/c1-3-17-13-22(18-10-6-7-11-19(18)24-17)14-20(23)21-12-16-9-5-4-8-15(16)2/h4-11,17H,3,12-14H2,1-2H3,(H,21,23)/t17-/m1/s1. The van der Waals surface area contributed by atoms with E-state index in [9.17, 15) is 4.79 Å². The molecule has 24 heavy (non-hydrogen) atoms. The molecule has 2 aromatic carbocycles. The highest BCUT2D eigenvalue weighted by Gasteiger charge is 2.25. The Morgan fingerprint density at radius 1 is 1.21 bits per heavy atom. The Labute approximate surface area is 148 Å². The van der Waals surface area contributed by atoms with Crippen molar-refractivity contribution in [2.75, 3.05) is 18.0 Å². The van der Waals surface area contributed by atoms with E-state index >= 15 is 0 Å². The monoisotopic (exact) mass is 340 g/mol. The highest BCUT2D eigenvalue weighted by Crippen LogP contribution is 2.39. The van der Waals surface area contributed by atoms with Crippen LogP contribution in [0.2, 0.25) is 0 Å². The van der Waals surface area contributed by atoms with Crippen LogP contribution in [0.15, 0.2) is 53.4 Å². The number of hydrogen-bond donors (Lipinski definition) is 1. The number of aryl methyl sites for hydroxylation is 1. The molecule has 0 saturated heterocycles. The fraction of sp³-hybridized carbons (Fsp3) is 0.350. The lowest BCUT2D eigenvalue weighted by Gasteiger charge is -2.34. The van der Waals surface area contributed by atoms with E-state index in [1.807, 2.05) is 30.0 Å². The zero-order chi connectivity index (χ0) is 16.9. The summed E-state index contributed by atoms with van der Waals surface area (Å²) in [6.45, 7) is 6.22. The first-order chi connectivity index (χ1) is 11.7. The van der Waals surface area contributed by atoms with Gasteiger partial charge in [0.25, 0.3) is 0 Å². The summed E-state index contributed by atoms with van der Waals surface area (Å²) in [5.74, 6) is 0.0785. The van der Waals surface area contributed by atoms with Gasteiger partial charge in [-0.15, -0.1) is 11.8 Å². The van der Waals surface area contributed by atoms with Crippen molar-refractivity contribution >= 4 is 23.4 Å². The average Bonchev–Trinajstić information content (AvgIpc) is 2.61. The molecule has 3 rings (SSSR count). The molecule has 126 valence electrons. The Balaban J connectivity index is 1.64. The molecule has 0 saturated carbocycles. The molecule has 1 amide bonds. The Morgan fingerprint density at radius 3 is 2.75 bits per heavy atom. The molecular weight excluding hydrogens is 316 g/mol. The number of rotatable bonds is 5. The van der Waals surface area contributed by atoms with Crippen molar-refractivity contribution in [1.82, 2.24) is 5.32 Å². The van der Waals surface area contributed by atoms with Gasteiger partial charge in [-0.25, -0.2) is 0 Å². The second kappa shape index (κ2) is 7.75. The number of amides is 1. The summed E-state index contributed by atoms with van der Waals surface area (Å²) in [6, 6.07) is 16.6. The SMILES string of the molecule is CC[C@@H]1CN(CC(=O)NCc2ccccc2C)c2ccccc2S1. The predicted molar refractivity (Wildman–Crippen MR) is 102 cm³/mol. The third-order valence-corrected chi connectivity index (χ3v) is 5.87. The highest BCUT2D eigenvalue weighted by molar-refractivity contribution is 8.00. The summed E-state index contributed by atoms with van der Waals surface area (Å²) in [5.41, 5.74) is 3.56. The summed E-state index contributed by atoms with van der Waals surface area (Å²) in [5, 5.41) is 3.61. The number of hydrogen-bond acceptors (Lipinski definition) is 3. The molecule has 1 aliphatic heterocycles. The van der Waals surface area contributed by atoms with E-state index in [1.54, 1.807) is 0 Å². The van der Waals surface area contributed by atoms with Gasteiger partial charge in [-0.1, -0.05) is 43.3 Å². The third-order valence-electron chi connectivity index (χ3n) is 4.45. The Morgan fingerprint density at radius 2 is 1.96 bits per heavy atom. The zero-order valence-electron chi connectivity index (χ0n) is 14.3. The minimum Gasteiger partial charge on any atom is -0.360 e. The van der Waals surface area contributed by atoms with Gasteiger partial charge >= 0.3 is 0 Å². The lowest BCUT2D eigenvalue weighted by molar-refractivity contribution is -0.119. The van der Waals surface area contributed by atoms with Gasteiger partial charge < -0.3 is 10.2 Å². The number of anilines is 1. The minimum atomic E-state index is 0.0785. The van der Waals surface area contributed by atoms with Gasteiger partial charge in [-0.2, -0.15) is 0 Å². The molecule has 1 atom stereocenters. The molecule has 1 N–H and O–H groups in total. The molecule has 0 aromatic heterocycles. The molecule has 0 spiro atoms. The van der Waals surface area contributed by atoms with Crippen molar-refractivity contribution in [3.8, 4) is 0 Å². The Hall–Kier alpha value is -1.94. The molecule has 1 heterocycles. The van der Waals surface area contributed by atoms with Gasteiger partial charge in [-0.3, -0.25) is 4.79 Å². The minimum absolute atomic E-state index is 0.0785. The van der Waals surface area contributed by atoms with E-state index in [-0.39, 0.29) is 5.91 Å². The van der Waals surface area contributed by atoms with Crippen LogP contribution in [0.4, 0.5) is 5.69 Å². The van der Waals surface area contributed by atoms with Crippen LogP contribution in [0.5, 0.6) is 0 Å². The number of benzene rings is 2. The highest BCUT2D eigenvalue weighted by atomic mass is 32.2. The number of nitrogens with one attached hydrogen (secondary N) is 1. The van der Waals surface area contributed by atoms with Crippen LogP contribution in [-0.4, -0.2) is 24.2 Å². The normalized spacial score (nSPS) is 16.6. The molecule has 1 aliphatic rings. The third kappa shape index (κ3) is 3.93. The summed E-state index contributed by atoms with van der Waals surface area (Å²) in [6.07, 6.45) is 1.11. The maximum Gasteiger partial charge on any atom is 0.239 e. The molecule has 0 fully saturated rings. The summed E-state index contributed by atoms with van der Waals surface area (Å²) < 4.78 is 0. The number of carbonyl (C=O) groups is 1. The molecule has 2 aromatic rings. The molecule has 0 radical (unpaired) electrons. The van der Waals surface area contributed by atoms with Crippen LogP contribution >= 0.6 is 11.8 Å². The average molecular weight is 340 g/mol. The van der Waals surface area contributed by atoms with Crippen molar-refractivity contribution < 1.29 is 4.79 Å². The van der Waals surface area contributed by atoms with Crippen LogP contribution in [0, 0.1) is 6.92 Å². The summed E-state index contributed by atoms with van der Waals surface area (Å²) in [4.78, 5) is 15.9. The topological polar surface area (TPSA) is 32.3 Å². The smallest absolute Gasteiger partial charge is 0.239 e. The molecule has 0 unspecified atom stereocenters. The second-order valence-corrected chi connectivity index (χ2v) is 7.54. The lowest BCUT2D eigenvalue weighted by atomic mass is 10.1. The zero-order valence-corrected chi connectivity index (χ0v) is 15.1. The Kier molecular flexibility index (Phi) is 5.46. The van der Waals surface area contributed by atoms with E-state index in [1.165, 1.54) is 21.7 Å². The van der Waals surface area contributed by atoms with Gasteiger partial charge in [0.2, 0.25) is 5.91 Å². The van der Waals surface area contributed by atoms with Crippen molar-refractivity contribution in [3.63, 3.8) is 0 Å². The van der Waals surface area contributed by atoms with E-state index in [0.29, 0.717) is 18.3 Å². The fourth-order valence-corrected chi connectivity index (χ4v) is 4.23. The van der Waals surface area contributed by atoms with E-state index in [4.69, 9.17) is 0 Å². The van der Waals surface area contributed by atoms with E-state index in [0.717, 1.165) is 13.0 Å². The van der Waals surface area contributed by atoms with Crippen molar-refractivity contribution in [1.29, 1.82) is 0 Å². The quantitative estimate of drug-likeness (QED) is 0.893. The number of fused-ring (bicyclic) bond motifs is 1. The molecule has 4 heteroatoms. The van der Waals surface area contributed by atoms with Gasteiger partial charge in [0.05, 0.1) is 12.2 Å². The lowest BCUT2D eigenvalue weighted by Crippen LogP contribution is -2.42. The number of para-hydroxylation sites is 1. The van der Waals surface area contributed by atoms with Crippen LogP contribution < -0.4 is 10.2 Å². The summed E-state index contributed by atoms with van der Waals surface area (Å²) >= 11 is 1.93. The molecular formula is C20H24N2OS.